The molecule has 11 heteroatoms. The van der Waals surface area contributed by atoms with Crippen LogP contribution in [0.3, 0.4) is 0 Å². The third-order valence-corrected chi connectivity index (χ3v) is 9.92. The van der Waals surface area contributed by atoms with Crippen LogP contribution in [0.5, 0.6) is 0 Å². The van der Waals surface area contributed by atoms with Crippen LogP contribution in [-0.4, -0.2) is 77.1 Å². The molecule has 224 valence electrons. The first-order valence-electron chi connectivity index (χ1n) is 15.3. The van der Waals surface area contributed by atoms with Gasteiger partial charge in [-0.2, -0.15) is 4.98 Å². The first-order valence-corrected chi connectivity index (χ1v) is 15.3. The number of carbonyl (C=O) groups excluding carboxylic acids is 1. The molecule has 4 fully saturated rings. The molecule has 1 aromatic carbocycles. The zero-order valence-electron chi connectivity index (χ0n) is 25.1. The number of aromatic nitrogens is 3. The van der Waals surface area contributed by atoms with Gasteiger partial charge in [-0.15, -0.1) is 0 Å². The van der Waals surface area contributed by atoms with Gasteiger partial charge in [-0.25, -0.2) is 14.8 Å². The zero-order valence-corrected chi connectivity index (χ0v) is 25.1. The second kappa shape index (κ2) is 9.52. The minimum Gasteiger partial charge on any atom is -0.447 e. The van der Waals surface area contributed by atoms with Crippen LogP contribution in [-0.2, 0) is 14.9 Å². The maximum absolute atomic E-state index is 12.5. The molecule has 5 atom stereocenters. The Labute approximate surface area is 251 Å². The van der Waals surface area contributed by atoms with E-state index in [4.69, 9.17) is 24.4 Å². The van der Waals surface area contributed by atoms with Gasteiger partial charge in [-0.1, -0.05) is 13.0 Å². The number of nitrogens with one attached hydrogen (secondary N) is 2. The molecule has 2 bridgehead atoms. The van der Waals surface area contributed by atoms with Crippen molar-refractivity contribution in [3.8, 4) is 0 Å². The number of piperazine rings is 1. The summed E-state index contributed by atoms with van der Waals surface area (Å²) in [5.41, 5.74) is 2.59. The van der Waals surface area contributed by atoms with Crippen molar-refractivity contribution in [2.75, 3.05) is 46.3 Å². The predicted molar refractivity (Wildman–Crippen MR) is 165 cm³/mol. The van der Waals surface area contributed by atoms with Crippen molar-refractivity contribution >= 4 is 40.9 Å². The van der Waals surface area contributed by atoms with E-state index < -0.39 is 0 Å². The maximum Gasteiger partial charge on any atom is 0.415 e. The maximum atomic E-state index is 12.5. The number of carbonyl (C=O) groups is 1. The van der Waals surface area contributed by atoms with E-state index in [9.17, 15) is 4.79 Å². The Bertz CT molecular complexity index is 1580. The summed E-state index contributed by atoms with van der Waals surface area (Å²) in [5.74, 6) is 2.64. The lowest BCUT2D eigenvalue weighted by atomic mass is 9.73. The van der Waals surface area contributed by atoms with E-state index in [0.29, 0.717) is 37.1 Å². The van der Waals surface area contributed by atoms with Crippen LogP contribution in [0, 0.1) is 0 Å². The minimum atomic E-state index is -0.371. The number of amides is 1. The average Bonchev–Trinajstić information content (AvgIpc) is 3.76. The molecule has 1 amide bonds. The second-order valence-electron chi connectivity index (χ2n) is 13.5. The van der Waals surface area contributed by atoms with Crippen molar-refractivity contribution < 1.29 is 14.3 Å². The van der Waals surface area contributed by atoms with Crippen molar-refractivity contribution in [1.82, 2.24) is 20.3 Å². The van der Waals surface area contributed by atoms with Crippen molar-refractivity contribution in [2.24, 2.45) is 0 Å². The summed E-state index contributed by atoms with van der Waals surface area (Å²) in [7, 11) is 0. The molecule has 0 radical (unpaired) electrons. The summed E-state index contributed by atoms with van der Waals surface area (Å²) in [6.07, 6.45) is 3.57. The third kappa shape index (κ3) is 4.31. The number of anilines is 6. The van der Waals surface area contributed by atoms with E-state index in [1.807, 2.05) is 31.3 Å². The van der Waals surface area contributed by atoms with Crippen molar-refractivity contribution in [2.45, 2.75) is 75.7 Å². The number of benzene rings is 1. The fourth-order valence-corrected chi connectivity index (χ4v) is 7.52. The Hall–Kier alpha value is -3.96. The number of rotatable bonds is 5. The summed E-state index contributed by atoms with van der Waals surface area (Å²) >= 11 is 0. The van der Waals surface area contributed by atoms with Crippen LogP contribution < -0.4 is 25.3 Å². The molecule has 0 spiro atoms. The Morgan fingerprint density at radius 2 is 1.84 bits per heavy atom. The van der Waals surface area contributed by atoms with E-state index in [1.165, 1.54) is 12.1 Å². The van der Waals surface area contributed by atoms with E-state index in [1.54, 1.807) is 4.90 Å². The standard InChI is InChI=1S/C32H38N8O3/c1-19-17-42-30(41)39(19)26-6-5-7-27(36-26)40-25-13-31(2,3)43-18-32(25,4)24-15-34-29(37-28(24)40)35-20-8-10-22(11-9-20)38-16-21-12-23(38)14-33-21/h5-11,15,19,21,23,25,33H,12-14,16-18H2,1-4H3,(H,34,35,37)/t19-,21+,23+,25-,32-/m0/s1. The van der Waals surface area contributed by atoms with Crippen LogP contribution >= 0.6 is 0 Å². The number of fused-ring (bicyclic) bond motifs is 5. The zero-order chi connectivity index (χ0) is 29.5. The second-order valence-corrected chi connectivity index (χ2v) is 13.5. The minimum absolute atomic E-state index is 0.0473. The summed E-state index contributed by atoms with van der Waals surface area (Å²) in [6, 6.07) is 15.5. The number of pyridine rings is 1. The van der Waals surface area contributed by atoms with Crippen LogP contribution in [0.1, 0.15) is 46.1 Å². The highest BCUT2D eigenvalue weighted by Crippen LogP contribution is 2.53. The van der Waals surface area contributed by atoms with Crippen molar-refractivity contribution in [1.29, 1.82) is 0 Å². The van der Waals surface area contributed by atoms with E-state index in [0.717, 1.165) is 42.4 Å². The molecule has 2 N–H and O–H groups in total. The summed E-state index contributed by atoms with van der Waals surface area (Å²) < 4.78 is 11.6. The Balaban J connectivity index is 1.13. The van der Waals surface area contributed by atoms with E-state index in [-0.39, 0.29) is 29.2 Å². The van der Waals surface area contributed by atoms with Crippen LogP contribution in [0.15, 0.2) is 48.7 Å². The van der Waals surface area contributed by atoms with Gasteiger partial charge in [0.05, 0.1) is 24.3 Å². The molecule has 4 saturated heterocycles. The molecule has 8 rings (SSSR count). The molecule has 3 aromatic rings. The highest BCUT2D eigenvalue weighted by atomic mass is 16.6. The van der Waals surface area contributed by atoms with Crippen molar-refractivity contribution in [3.63, 3.8) is 0 Å². The molecular formula is C32H38N8O3. The fourth-order valence-electron chi connectivity index (χ4n) is 7.52. The van der Waals surface area contributed by atoms with Gasteiger partial charge in [-0.05, 0) is 70.0 Å². The molecule has 5 aliphatic rings. The number of hydrogen-bond donors (Lipinski definition) is 2. The fraction of sp³-hybridized carbons (Fsp3) is 0.500. The van der Waals surface area contributed by atoms with E-state index >= 15 is 0 Å². The lowest BCUT2D eigenvalue weighted by Crippen LogP contribution is -2.54. The number of hydrogen-bond acceptors (Lipinski definition) is 10. The van der Waals surface area contributed by atoms with Gasteiger partial charge >= 0.3 is 6.09 Å². The number of cyclic esters (lactones) is 1. The Morgan fingerprint density at radius 3 is 2.53 bits per heavy atom. The van der Waals surface area contributed by atoms with E-state index in [2.05, 4.69) is 65.5 Å². The molecule has 0 unspecified atom stereocenters. The largest absolute Gasteiger partial charge is 0.447 e. The highest BCUT2D eigenvalue weighted by Gasteiger charge is 2.55. The van der Waals surface area contributed by atoms with Gasteiger partial charge in [0.1, 0.15) is 24.1 Å². The molecule has 0 saturated carbocycles. The number of ether oxygens (including phenoxy) is 2. The van der Waals surface area contributed by atoms with Gasteiger partial charge < -0.3 is 29.9 Å². The lowest BCUT2D eigenvalue weighted by Gasteiger charge is -2.46. The summed E-state index contributed by atoms with van der Waals surface area (Å²) in [5, 5.41) is 7.01. The quantitative estimate of drug-likeness (QED) is 0.447. The summed E-state index contributed by atoms with van der Waals surface area (Å²) in [6.45, 7) is 11.5. The Kier molecular flexibility index (Phi) is 5.90. The SMILES string of the molecule is C[C@H]1COC(=O)N1c1cccc(N2c3nc(Nc4ccc(N5C[C@H]6C[C@@H]5CN6)cc4)ncc3[C@]3(C)COC(C)(C)C[C@H]23)n1. The average molecular weight is 583 g/mol. The molecule has 2 aromatic heterocycles. The first kappa shape index (κ1) is 26.7. The molecule has 43 heavy (non-hydrogen) atoms. The molecule has 5 aliphatic heterocycles. The smallest absolute Gasteiger partial charge is 0.415 e. The van der Waals surface area contributed by atoms with Crippen molar-refractivity contribution in [3.05, 3.63) is 54.2 Å². The topological polar surface area (TPSA) is 108 Å². The third-order valence-electron chi connectivity index (χ3n) is 9.92. The Morgan fingerprint density at radius 1 is 1.05 bits per heavy atom. The normalized spacial score (nSPS) is 30.4. The van der Waals surface area contributed by atoms with Gasteiger partial charge in [0, 0.05) is 53.7 Å². The molecule has 0 aliphatic carbocycles. The number of nitrogens with zero attached hydrogens (tertiary/aromatic N) is 6. The lowest BCUT2D eigenvalue weighted by molar-refractivity contribution is -0.0893. The first-order chi connectivity index (χ1) is 20.7. The van der Waals surface area contributed by atoms with Crippen LogP contribution in [0.2, 0.25) is 0 Å². The molecule has 11 nitrogen and oxygen atoms in total. The van der Waals surface area contributed by atoms with Crippen LogP contribution in [0.25, 0.3) is 0 Å². The predicted octanol–water partition coefficient (Wildman–Crippen LogP) is 4.49. The highest BCUT2D eigenvalue weighted by molar-refractivity contribution is 5.89. The summed E-state index contributed by atoms with van der Waals surface area (Å²) in [4.78, 5) is 33.7. The van der Waals surface area contributed by atoms with Gasteiger partial charge in [-0.3, -0.25) is 4.90 Å². The monoisotopic (exact) mass is 582 g/mol. The van der Waals surface area contributed by atoms with Gasteiger partial charge in [0.2, 0.25) is 5.95 Å². The van der Waals surface area contributed by atoms with Crippen LogP contribution in [0.4, 0.5) is 39.6 Å². The molecule has 7 heterocycles. The molecular weight excluding hydrogens is 544 g/mol. The van der Waals surface area contributed by atoms with Gasteiger partial charge in [0.15, 0.2) is 0 Å². The van der Waals surface area contributed by atoms with Gasteiger partial charge in [0.25, 0.3) is 0 Å².